The van der Waals surface area contributed by atoms with E-state index < -0.39 is 0 Å². The highest BCUT2D eigenvalue weighted by molar-refractivity contribution is 6.11. The predicted molar refractivity (Wildman–Crippen MR) is 275 cm³/mol. The van der Waals surface area contributed by atoms with Crippen LogP contribution in [-0.4, -0.2) is 19.1 Å². The van der Waals surface area contributed by atoms with Crippen molar-refractivity contribution < 1.29 is 0 Å². The minimum atomic E-state index is 0.707. The molecule has 66 heavy (non-hydrogen) atoms. The Hall–Kier alpha value is -8.86. The van der Waals surface area contributed by atoms with Gasteiger partial charge in [0.1, 0.15) is 0 Å². The van der Waals surface area contributed by atoms with Gasteiger partial charge in [-0.05, 0) is 106 Å². The summed E-state index contributed by atoms with van der Waals surface area (Å²) in [4.78, 5) is 10.2. The van der Waals surface area contributed by atoms with E-state index >= 15 is 0 Å². The van der Waals surface area contributed by atoms with Crippen LogP contribution in [-0.2, 0) is 0 Å². The van der Waals surface area contributed by atoms with E-state index in [-0.39, 0.29) is 0 Å². The van der Waals surface area contributed by atoms with E-state index in [1.54, 1.807) is 0 Å². The number of aromatic nitrogens is 4. The first kappa shape index (κ1) is 37.7. The Labute approximate surface area is 382 Å². The Balaban J connectivity index is 0.842. The highest BCUT2D eigenvalue weighted by atomic mass is 15.0. The van der Waals surface area contributed by atoms with Crippen molar-refractivity contribution in [2.45, 2.75) is 0 Å². The van der Waals surface area contributed by atoms with Crippen LogP contribution in [0.25, 0.3) is 122 Å². The summed E-state index contributed by atoms with van der Waals surface area (Å²) in [5, 5.41) is 7.35. The molecule has 0 fully saturated rings. The number of para-hydroxylation sites is 3. The average molecular weight is 841 g/mol. The number of hydrogen-bond donors (Lipinski definition) is 0. The zero-order chi connectivity index (χ0) is 43.6. The SMILES string of the molecule is c1ccc(-c2nc(-c3ccc(-n4c5ccccc5c5cc(-c6ccc(-c7ccc8c(c7)c7ccccc7n8-c7ccccc7)cc6)ccc54)cc3)cc(-c3ccc4ccccc4c3)n2)cc1. The van der Waals surface area contributed by atoms with Gasteiger partial charge in [0.05, 0.1) is 33.5 Å². The standard InChI is InChI=1S/C62H40N4/c1-3-14-45(15-4-1)62-63-56(40-57(64-62)49-28-27-41-13-7-8-16-46(41)37-49)44-29-33-51(34-30-44)66-59-22-12-10-20-53(59)55-39-48(32-36-61(55)66)43-25-23-42(24-26-43)47-31-35-60-54(38-47)52-19-9-11-21-58(52)65(60)50-17-5-2-6-18-50/h1-40H. The van der Waals surface area contributed by atoms with Crippen LogP contribution in [0.2, 0.25) is 0 Å². The topological polar surface area (TPSA) is 35.6 Å². The van der Waals surface area contributed by atoms with Crippen molar-refractivity contribution in [1.29, 1.82) is 0 Å². The molecular weight excluding hydrogens is 801 g/mol. The van der Waals surface area contributed by atoms with E-state index in [0.717, 1.165) is 33.8 Å². The number of hydrogen-bond acceptors (Lipinski definition) is 2. The van der Waals surface area contributed by atoms with Gasteiger partial charge in [-0.3, -0.25) is 0 Å². The van der Waals surface area contributed by atoms with Crippen molar-refractivity contribution in [3.63, 3.8) is 0 Å². The van der Waals surface area contributed by atoms with Crippen molar-refractivity contribution in [3.05, 3.63) is 243 Å². The van der Waals surface area contributed by atoms with Gasteiger partial charge in [0.2, 0.25) is 0 Å². The van der Waals surface area contributed by atoms with Gasteiger partial charge in [0.15, 0.2) is 5.82 Å². The fourth-order valence-electron chi connectivity index (χ4n) is 9.88. The number of nitrogens with zero attached hydrogens (tertiary/aromatic N) is 4. The van der Waals surface area contributed by atoms with Crippen molar-refractivity contribution >= 4 is 54.4 Å². The largest absolute Gasteiger partial charge is 0.309 e. The Morgan fingerprint density at radius 2 is 0.682 bits per heavy atom. The lowest BCUT2D eigenvalue weighted by Crippen LogP contribution is -1.97. The third kappa shape index (κ3) is 6.38. The van der Waals surface area contributed by atoms with E-state index in [1.165, 1.54) is 82.3 Å². The normalized spacial score (nSPS) is 11.6. The van der Waals surface area contributed by atoms with Crippen LogP contribution in [0.15, 0.2) is 243 Å². The molecule has 13 aromatic rings. The second kappa shape index (κ2) is 15.4. The average Bonchev–Trinajstić information content (AvgIpc) is 3.91. The molecule has 0 bridgehead atoms. The first-order chi connectivity index (χ1) is 32.7. The van der Waals surface area contributed by atoms with E-state index in [0.29, 0.717) is 5.82 Å². The predicted octanol–water partition coefficient (Wildman–Crippen LogP) is 16.2. The molecule has 0 aliphatic rings. The van der Waals surface area contributed by atoms with Gasteiger partial charge in [-0.25, -0.2) is 9.97 Å². The van der Waals surface area contributed by atoms with Crippen LogP contribution in [0.4, 0.5) is 0 Å². The number of fused-ring (bicyclic) bond motifs is 7. The molecule has 4 nitrogen and oxygen atoms in total. The maximum atomic E-state index is 5.13. The van der Waals surface area contributed by atoms with E-state index in [9.17, 15) is 0 Å². The third-order valence-corrected chi connectivity index (χ3v) is 13.1. The minimum absolute atomic E-state index is 0.707. The first-order valence-corrected chi connectivity index (χ1v) is 22.5. The van der Waals surface area contributed by atoms with Crippen LogP contribution in [0.5, 0.6) is 0 Å². The minimum Gasteiger partial charge on any atom is -0.309 e. The fourth-order valence-corrected chi connectivity index (χ4v) is 9.88. The highest BCUT2D eigenvalue weighted by Crippen LogP contribution is 2.38. The number of benzene rings is 10. The van der Waals surface area contributed by atoms with Crippen LogP contribution in [0.3, 0.4) is 0 Å². The Kier molecular flexibility index (Phi) is 8.81. The van der Waals surface area contributed by atoms with Gasteiger partial charge >= 0.3 is 0 Å². The fraction of sp³-hybridized carbons (Fsp3) is 0. The summed E-state index contributed by atoms with van der Waals surface area (Å²) in [6.07, 6.45) is 0. The lowest BCUT2D eigenvalue weighted by molar-refractivity contribution is 1.17. The Bertz CT molecular complexity index is 3960. The quantitative estimate of drug-likeness (QED) is 0.160. The Morgan fingerprint density at radius 3 is 1.29 bits per heavy atom. The molecule has 10 aromatic carbocycles. The van der Waals surface area contributed by atoms with Crippen molar-refractivity contribution in [2.75, 3.05) is 0 Å². The second-order valence-electron chi connectivity index (χ2n) is 17.0. The molecule has 0 radical (unpaired) electrons. The lowest BCUT2D eigenvalue weighted by Gasteiger charge is -2.12. The summed E-state index contributed by atoms with van der Waals surface area (Å²) >= 11 is 0. The molecule has 0 saturated carbocycles. The van der Waals surface area contributed by atoms with Gasteiger partial charge in [0.25, 0.3) is 0 Å². The maximum Gasteiger partial charge on any atom is 0.160 e. The van der Waals surface area contributed by atoms with E-state index in [4.69, 9.17) is 9.97 Å². The zero-order valence-electron chi connectivity index (χ0n) is 35.9. The summed E-state index contributed by atoms with van der Waals surface area (Å²) in [7, 11) is 0. The summed E-state index contributed by atoms with van der Waals surface area (Å²) < 4.78 is 4.74. The van der Waals surface area contributed by atoms with Gasteiger partial charge in [-0.2, -0.15) is 0 Å². The van der Waals surface area contributed by atoms with Crippen LogP contribution >= 0.6 is 0 Å². The zero-order valence-corrected chi connectivity index (χ0v) is 35.9. The molecular formula is C62H40N4. The van der Waals surface area contributed by atoms with E-state index in [1.807, 2.05) is 18.2 Å². The van der Waals surface area contributed by atoms with Crippen LogP contribution < -0.4 is 0 Å². The lowest BCUT2D eigenvalue weighted by atomic mass is 9.98. The van der Waals surface area contributed by atoms with Gasteiger partial charge in [-0.15, -0.1) is 0 Å². The Morgan fingerprint density at radius 1 is 0.242 bits per heavy atom. The molecule has 0 N–H and O–H groups in total. The first-order valence-electron chi connectivity index (χ1n) is 22.5. The van der Waals surface area contributed by atoms with Gasteiger partial charge in [0, 0.05) is 49.6 Å². The molecule has 3 aromatic heterocycles. The molecule has 0 spiro atoms. The summed E-state index contributed by atoms with van der Waals surface area (Å²) in [5.41, 5.74) is 16.7. The molecule has 0 saturated heterocycles. The molecule has 0 aliphatic heterocycles. The third-order valence-electron chi connectivity index (χ3n) is 13.1. The smallest absolute Gasteiger partial charge is 0.160 e. The molecule has 0 atom stereocenters. The van der Waals surface area contributed by atoms with Gasteiger partial charge < -0.3 is 9.13 Å². The van der Waals surface area contributed by atoms with Crippen molar-refractivity contribution in [2.24, 2.45) is 0 Å². The number of rotatable bonds is 7. The van der Waals surface area contributed by atoms with Crippen molar-refractivity contribution in [3.8, 4) is 67.5 Å². The molecule has 4 heteroatoms. The summed E-state index contributed by atoms with van der Waals surface area (Å²) in [6, 6.07) is 87.0. The molecule has 0 aliphatic carbocycles. The monoisotopic (exact) mass is 840 g/mol. The molecule has 13 rings (SSSR count). The molecule has 3 heterocycles. The molecule has 308 valence electrons. The molecule has 0 amide bonds. The summed E-state index contributed by atoms with van der Waals surface area (Å²) in [6.45, 7) is 0. The maximum absolute atomic E-state index is 5.13. The van der Waals surface area contributed by atoms with Crippen LogP contribution in [0, 0.1) is 0 Å². The van der Waals surface area contributed by atoms with Crippen molar-refractivity contribution in [1.82, 2.24) is 19.1 Å². The van der Waals surface area contributed by atoms with Crippen LogP contribution in [0.1, 0.15) is 0 Å². The molecule has 0 unspecified atom stereocenters. The van der Waals surface area contributed by atoms with Gasteiger partial charge in [-0.1, -0.05) is 170 Å². The highest BCUT2D eigenvalue weighted by Gasteiger charge is 2.17. The van der Waals surface area contributed by atoms with E-state index in [2.05, 4.69) is 234 Å². The second-order valence-corrected chi connectivity index (χ2v) is 17.0. The summed E-state index contributed by atoms with van der Waals surface area (Å²) in [5.74, 6) is 0.707.